The molecule has 1 aromatic carbocycles. The quantitative estimate of drug-likeness (QED) is 0.182. The zero-order chi connectivity index (χ0) is 22.5. The van der Waals surface area contributed by atoms with Gasteiger partial charge in [-0.3, -0.25) is 4.79 Å². The first-order valence-corrected chi connectivity index (χ1v) is 12.6. The lowest BCUT2D eigenvalue weighted by molar-refractivity contribution is -0.113. The largest absolute Gasteiger partial charge is 0.464 e. The van der Waals surface area contributed by atoms with Crippen molar-refractivity contribution in [2.45, 2.75) is 11.3 Å². The van der Waals surface area contributed by atoms with E-state index in [1.165, 1.54) is 40.7 Å². The van der Waals surface area contributed by atoms with E-state index in [0.29, 0.717) is 24.6 Å². The number of benzene rings is 1. The van der Waals surface area contributed by atoms with Crippen molar-refractivity contribution in [2.75, 3.05) is 17.7 Å². The summed E-state index contributed by atoms with van der Waals surface area (Å²) in [6.07, 6.45) is 1.53. The van der Waals surface area contributed by atoms with Gasteiger partial charge in [0.15, 0.2) is 8.29 Å². The summed E-state index contributed by atoms with van der Waals surface area (Å²) in [5.41, 5.74) is 1.74. The Bertz CT molecular complexity index is 1280. The smallest absolute Gasteiger partial charge is 0.341 e. The number of hydrogen-bond donors (Lipinski definition) is 1. The third-order valence-electron chi connectivity index (χ3n) is 4.17. The van der Waals surface area contributed by atoms with E-state index in [4.69, 9.17) is 21.4 Å². The molecular formula is C21H17N3O4S4. The Hall–Kier alpha value is -2.73. The molecular weight excluding hydrogens is 487 g/mol. The molecule has 0 aliphatic heterocycles. The molecule has 4 rings (SSSR count). The average Bonchev–Trinajstić information content (AvgIpc) is 3.53. The summed E-state index contributed by atoms with van der Waals surface area (Å²) < 4.78 is 13.6. The molecule has 0 unspecified atom stereocenters. The standard InChI is InChI=1S/C21H17N3O4S4/c1-2-27-19(26)17-14(15-9-6-10-28-15)11-30-18(17)22-16(25)12-31-20-23-24(21(29)32-20)13-7-4-3-5-8-13/h3-11H,2,12H2,1H3,(H,22,25). The van der Waals surface area contributed by atoms with Crippen LogP contribution in [0.25, 0.3) is 17.0 Å². The van der Waals surface area contributed by atoms with Crippen molar-refractivity contribution in [3.8, 4) is 17.0 Å². The number of carbonyl (C=O) groups excluding carboxylic acids is 2. The molecule has 164 valence electrons. The van der Waals surface area contributed by atoms with Gasteiger partial charge in [-0.05, 0) is 43.4 Å². The number of hydrogen-bond acceptors (Lipinski definition) is 9. The molecule has 0 saturated heterocycles. The second-order valence-corrected chi connectivity index (χ2v) is 9.99. The first-order valence-electron chi connectivity index (χ1n) is 9.47. The van der Waals surface area contributed by atoms with Crippen molar-refractivity contribution >= 4 is 63.5 Å². The van der Waals surface area contributed by atoms with Crippen molar-refractivity contribution in [2.24, 2.45) is 0 Å². The van der Waals surface area contributed by atoms with Crippen LogP contribution in [0.1, 0.15) is 17.3 Å². The fourth-order valence-corrected chi connectivity index (χ4v) is 5.93. The number of thioether (sulfide) groups is 1. The molecule has 4 aromatic rings. The van der Waals surface area contributed by atoms with Crippen LogP contribution in [0, 0.1) is 3.95 Å². The molecule has 0 aliphatic rings. The number of para-hydroxylation sites is 1. The van der Waals surface area contributed by atoms with Gasteiger partial charge in [-0.2, -0.15) is 0 Å². The maximum Gasteiger partial charge on any atom is 0.341 e. The number of furan rings is 1. The van der Waals surface area contributed by atoms with E-state index in [1.807, 2.05) is 30.3 Å². The predicted molar refractivity (Wildman–Crippen MR) is 130 cm³/mol. The van der Waals surface area contributed by atoms with Gasteiger partial charge < -0.3 is 14.5 Å². The first-order chi connectivity index (χ1) is 15.6. The number of carbonyl (C=O) groups is 2. The molecule has 1 amide bonds. The summed E-state index contributed by atoms with van der Waals surface area (Å²) in [6, 6.07) is 13.1. The average molecular weight is 504 g/mol. The fourth-order valence-electron chi connectivity index (χ4n) is 2.81. The minimum atomic E-state index is -0.511. The van der Waals surface area contributed by atoms with Gasteiger partial charge in [0.1, 0.15) is 16.3 Å². The fraction of sp³-hybridized carbons (Fsp3) is 0.143. The van der Waals surface area contributed by atoms with E-state index in [-0.39, 0.29) is 23.8 Å². The number of aromatic nitrogens is 2. The predicted octanol–water partition coefficient (Wildman–Crippen LogP) is 5.89. The van der Waals surface area contributed by atoms with E-state index < -0.39 is 5.97 Å². The number of esters is 1. The zero-order valence-corrected chi connectivity index (χ0v) is 20.0. The van der Waals surface area contributed by atoms with Crippen molar-refractivity contribution in [3.63, 3.8) is 0 Å². The lowest BCUT2D eigenvalue weighted by Crippen LogP contribution is -2.16. The van der Waals surface area contributed by atoms with Crippen LogP contribution in [0.15, 0.2) is 62.9 Å². The van der Waals surface area contributed by atoms with E-state index >= 15 is 0 Å². The summed E-state index contributed by atoms with van der Waals surface area (Å²) in [5, 5.41) is 9.50. The number of amides is 1. The van der Waals surface area contributed by atoms with E-state index in [0.717, 1.165) is 5.69 Å². The summed E-state index contributed by atoms with van der Waals surface area (Å²) in [7, 11) is 0. The number of rotatable bonds is 8. The van der Waals surface area contributed by atoms with Crippen molar-refractivity contribution in [1.29, 1.82) is 0 Å². The molecule has 1 N–H and O–H groups in total. The van der Waals surface area contributed by atoms with Crippen LogP contribution >= 0.6 is 46.7 Å². The monoisotopic (exact) mass is 503 g/mol. The maximum absolute atomic E-state index is 12.6. The Kier molecular flexibility index (Phi) is 7.20. The first kappa shape index (κ1) is 22.5. The molecule has 0 atom stereocenters. The SMILES string of the molecule is CCOC(=O)c1c(-c2ccco2)csc1NC(=O)CSc1nn(-c2ccccc2)c(=S)s1. The highest BCUT2D eigenvalue weighted by Gasteiger charge is 2.24. The van der Waals surface area contributed by atoms with Crippen molar-refractivity contribution < 1.29 is 18.7 Å². The topological polar surface area (TPSA) is 86.4 Å². The molecule has 7 nitrogen and oxygen atoms in total. The highest BCUT2D eigenvalue weighted by molar-refractivity contribution is 8.01. The van der Waals surface area contributed by atoms with Gasteiger partial charge in [0, 0.05) is 10.9 Å². The van der Waals surface area contributed by atoms with Gasteiger partial charge in [-0.25, -0.2) is 9.48 Å². The highest BCUT2D eigenvalue weighted by atomic mass is 32.2. The Morgan fingerprint density at radius 2 is 2.06 bits per heavy atom. The number of nitrogens with one attached hydrogen (secondary N) is 1. The molecule has 0 bridgehead atoms. The summed E-state index contributed by atoms with van der Waals surface area (Å²) in [6.45, 7) is 1.96. The third-order valence-corrected chi connectivity index (χ3v) is 7.43. The van der Waals surface area contributed by atoms with Crippen LogP contribution in [0.5, 0.6) is 0 Å². The maximum atomic E-state index is 12.6. The lowest BCUT2D eigenvalue weighted by Gasteiger charge is -2.07. The van der Waals surface area contributed by atoms with Crippen LogP contribution in [-0.4, -0.2) is 34.0 Å². The summed E-state index contributed by atoms with van der Waals surface area (Å²) in [4.78, 5) is 25.2. The molecule has 0 radical (unpaired) electrons. The molecule has 11 heteroatoms. The number of anilines is 1. The molecule has 3 heterocycles. The second kappa shape index (κ2) is 10.3. The number of thiophene rings is 1. The van der Waals surface area contributed by atoms with E-state index in [2.05, 4.69) is 10.4 Å². The van der Waals surface area contributed by atoms with Gasteiger partial charge in [0.05, 0.1) is 24.3 Å². The Morgan fingerprint density at radius 3 is 2.78 bits per heavy atom. The summed E-state index contributed by atoms with van der Waals surface area (Å²) in [5.74, 6) is -0.123. The number of nitrogens with zero attached hydrogens (tertiary/aromatic N) is 2. The Labute approximate surface area is 201 Å². The number of ether oxygens (including phenoxy) is 1. The highest BCUT2D eigenvalue weighted by Crippen LogP contribution is 2.36. The van der Waals surface area contributed by atoms with Crippen LogP contribution in [0.2, 0.25) is 0 Å². The Balaban J connectivity index is 1.47. The minimum Gasteiger partial charge on any atom is -0.464 e. The van der Waals surface area contributed by atoms with Crippen molar-refractivity contribution in [1.82, 2.24) is 9.78 Å². The van der Waals surface area contributed by atoms with E-state index in [9.17, 15) is 9.59 Å². The van der Waals surface area contributed by atoms with Crippen LogP contribution in [-0.2, 0) is 9.53 Å². The molecule has 0 fully saturated rings. The zero-order valence-electron chi connectivity index (χ0n) is 16.8. The van der Waals surface area contributed by atoms with Crippen LogP contribution in [0.4, 0.5) is 5.00 Å². The molecule has 0 spiro atoms. The normalized spacial score (nSPS) is 10.8. The molecule has 0 aliphatic carbocycles. The van der Waals surface area contributed by atoms with Crippen molar-refractivity contribution in [3.05, 3.63) is 63.6 Å². The summed E-state index contributed by atoms with van der Waals surface area (Å²) >= 11 is 9.27. The van der Waals surface area contributed by atoms with Crippen LogP contribution < -0.4 is 5.32 Å². The van der Waals surface area contributed by atoms with Gasteiger partial charge in [-0.15, -0.1) is 16.4 Å². The van der Waals surface area contributed by atoms with Gasteiger partial charge in [0.25, 0.3) is 0 Å². The molecule has 32 heavy (non-hydrogen) atoms. The Morgan fingerprint density at radius 1 is 1.25 bits per heavy atom. The second-order valence-electron chi connectivity index (χ2n) is 6.27. The molecule has 0 saturated carbocycles. The van der Waals surface area contributed by atoms with Crippen LogP contribution in [0.3, 0.4) is 0 Å². The van der Waals surface area contributed by atoms with Gasteiger partial charge in [0.2, 0.25) is 5.91 Å². The van der Waals surface area contributed by atoms with Gasteiger partial charge in [-0.1, -0.05) is 41.3 Å². The van der Waals surface area contributed by atoms with E-state index in [1.54, 1.807) is 29.1 Å². The third kappa shape index (κ3) is 5.01. The van der Waals surface area contributed by atoms with Gasteiger partial charge >= 0.3 is 5.97 Å². The molecule has 3 aromatic heterocycles. The lowest BCUT2D eigenvalue weighted by atomic mass is 10.1. The minimum absolute atomic E-state index is 0.118.